The molecule has 0 saturated carbocycles. The van der Waals surface area contributed by atoms with Gasteiger partial charge in [0.2, 0.25) is 0 Å². The molecule has 0 heterocycles. The lowest BCUT2D eigenvalue weighted by Gasteiger charge is -2.29. The fourth-order valence-corrected chi connectivity index (χ4v) is 6.71. The normalized spacial score (nSPS) is 12.4. The van der Waals surface area contributed by atoms with Crippen molar-refractivity contribution in [3.63, 3.8) is 0 Å². The molecular formula is C28H40N4O3P4S. The molecule has 3 aromatic carbocycles. The van der Waals surface area contributed by atoms with Crippen LogP contribution in [0.3, 0.4) is 0 Å². The van der Waals surface area contributed by atoms with Crippen molar-refractivity contribution in [2.75, 3.05) is 48.3 Å². The summed E-state index contributed by atoms with van der Waals surface area (Å²) in [6.45, 7) is -1.12. The molecule has 0 aliphatic carbocycles. The molecule has 3 aromatic rings. The van der Waals surface area contributed by atoms with Crippen LogP contribution in [0.1, 0.15) is 16.7 Å². The van der Waals surface area contributed by atoms with Crippen molar-refractivity contribution in [3.05, 3.63) is 89.5 Å². The number of hydrogen-bond donors (Lipinski definition) is 0. The number of benzene rings is 3. The molecule has 7 nitrogen and oxygen atoms in total. The molecule has 0 N–H and O–H groups in total. The molecule has 0 aromatic heterocycles. The van der Waals surface area contributed by atoms with E-state index in [4.69, 9.17) is 25.4 Å². The van der Waals surface area contributed by atoms with Gasteiger partial charge in [-0.05, 0) is 114 Å². The van der Waals surface area contributed by atoms with Gasteiger partial charge in [-0.15, -0.1) is 8.93 Å². The van der Waals surface area contributed by atoms with Crippen molar-refractivity contribution in [2.45, 2.75) is 12.8 Å². The highest BCUT2D eigenvalue weighted by Crippen LogP contribution is 2.51. The maximum absolute atomic E-state index is 6.39. The highest BCUT2D eigenvalue weighted by atomic mass is 32.5. The molecule has 216 valence electrons. The van der Waals surface area contributed by atoms with Crippen LogP contribution in [0.4, 0.5) is 0 Å². The lowest BCUT2D eigenvalue weighted by molar-refractivity contribution is 0.395. The molecule has 12 heteroatoms. The average molecular weight is 637 g/mol. The fraction of sp³-hybridized carbons (Fsp3) is 0.321. The summed E-state index contributed by atoms with van der Waals surface area (Å²) in [5.41, 5.74) is 3.40. The molecule has 0 amide bonds. The average Bonchev–Trinajstić information content (AvgIpc) is 2.94. The molecule has 0 aliphatic heterocycles. The van der Waals surface area contributed by atoms with E-state index in [1.165, 1.54) is 11.1 Å². The van der Waals surface area contributed by atoms with E-state index in [2.05, 4.69) is 76.3 Å². The van der Waals surface area contributed by atoms with Crippen molar-refractivity contribution in [3.8, 4) is 17.2 Å². The van der Waals surface area contributed by atoms with Crippen molar-refractivity contribution in [1.82, 2.24) is 14.6 Å². The predicted octanol–water partition coefficient (Wildman–Crippen LogP) is 6.90. The summed E-state index contributed by atoms with van der Waals surface area (Å²) in [6, 6.07) is 23.9. The van der Waals surface area contributed by atoms with Crippen LogP contribution < -0.4 is 13.6 Å². The molecule has 3 atom stereocenters. The first-order valence-corrected chi connectivity index (χ1v) is 20.2. The van der Waals surface area contributed by atoms with E-state index in [0.717, 1.165) is 37.2 Å². The van der Waals surface area contributed by atoms with Gasteiger partial charge in [-0.1, -0.05) is 24.3 Å². The van der Waals surface area contributed by atoms with Crippen molar-refractivity contribution in [1.29, 1.82) is 0 Å². The lowest BCUT2D eigenvalue weighted by atomic mass is 10.1. The maximum Gasteiger partial charge on any atom is 0.410 e. The van der Waals surface area contributed by atoms with E-state index < -0.39 is 6.64 Å². The molecule has 3 unspecified atom stereocenters. The Labute approximate surface area is 250 Å². The van der Waals surface area contributed by atoms with E-state index in [1.54, 1.807) is 18.0 Å². The zero-order valence-corrected chi connectivity index (χ0v) is 28.6. The SMILES string of the molecule is CN(C)CCc1ccc(OP(=S)(Oc2ccc(CCN(C)C)cc2)N(C)/N=C/c2ccc(OPPP)cc2)cc1. The van der Waals surface area contributed by atoms with Gasteiger partial charge in [-0.2, -0.15) is 5.10 Å². The lowest BCUT2D eigenvalue weighted by Crippen LogP contribution is -2.17. The van der Waals surface area contributed by atoms with Crippen molar-refractivity contribution in [2.24, 2.45) is 5.10 Å². The third-order valence-electron chi connectivity index (χ3n) is 5.82. The molecule has 0 aliphatic rings. The zero-order valence-electron chi connectivity index (χ0n) is 23.8. The summed E-state index contributed by atoms with van der Waals surface area (Å²) in [5.74, 6) is 2.15. The second kappa shape index (κ2) is 16.7. The van der Waals surface area contributed by atoms with Gasteiger partial charge in [0.15, 0.2) is 0 Å². The molecule has 0 saturated heterocycles. The summed E-state index contributed by atoms with van der Waals surface area (Å²) >= 11 is 6.05. The first-order chi connectivity index (χ1) is 19.2. The van der Waals surface area contributed by atoms with Gasteiger partial charge in [0.05, 0.1) is 14.7 Å². The minimum absolute atomic E-state index is 0.448. The largest absolute Gasteiger partial charge is 0.473 e. The van der Waals surface area contributed by atoms with Crippen molar-refractivity contribution < 1.29 is 13.6 Å². The third kappa shape index (κ3) is 11.3. The van der Waals surface area contributed by atoms with Crippen LogP contribution in [0.25, 0.3) is 0 Å². The number of nitrogens with zero attached hydrogens (tertiary/aromatic N) is 4. The topological polar surface area (TPSA) is 49.8 Å². The maximum atomic E-state index is 6.39. The minimum atomic E-state index is -3.08. The number of hydrogen-bond acceptors (Lipinski definition) is 7. The Bertz CT molecular complexity index is 1180. The summed E-state index contributed by atoms with van der Waals surface area (Å²) in [5, 5.41) is 4.63. The Morgan fingerprint density at radius 2 is 1.20 bits per heavy atom. The van der Waals surface area contributed by atoms with Crippen LogP contribution in [0.15, 0.2) is 77.9 Å². The first-order valence-electron chi connectivity index (χ1n) is 12.9. The van der Waals surface area contributed by atoms with Gasteiger partial charge in [0, 0.05) is 31.9 Å². The van der Waals surface area contributed by atoms with E-state index >= 15 is 0 Å². The second-order valence-corrected chi connectivity index (χ2v) is 17.7. The van der Waals surface area contributed by atoms with Crippen LogP contribution in [0, 0.1) is 0 Å². The molecule has 0 bridgehead atoms. The van der Waals surface area contributed by atoms with Gasteiger partial charge in [0.1, 0.15) is 17.2 Å². The van der Waals surface area contributed by atoms with E-state index in [9.17, 15) is 0 Å². The summed E-state index contributed by atoms with van der Waals surface area (Å²) in [6.07, 6.45) is 3.68. The van der Waals surface area contributed by atoms with E-state index in [0.29, 0.717) is 28.0 Å². The zero-order chi connectivity index (χ0) is 29.0. The highest BCUT2D eigenvalue weighted by molar-refractivity contribution is 8.37. The molecular weight excluding hydrogens is 596 g/mol. The Hall–Kier alpha value is -1.61. The van der Waals surface area contributed by atoms with Gasteiger partial charge in [-0.3, -0.25) is 0 Å². The smallest absolute Gasteiger partial charge is 0.410 e. The van der Waals surface area contributed by atoms with Crippen LogP contribution in [-0.2, 0) is 24.6 Å². The monoisotopic (exact) mass is 636 g/mol. The van der Waals surface area contributed by atoms with Gasteiger partial charge in [-0.25, -0.2) is 4.78 Å². The van der Waals surface area contributed by atoms with Gasteiger partial charge >= 0.3 is 6.64 Å². The number of likely N-dealkylation sites (N-methyl/N-ethyl adjacent to an activating group) is 2. The Kier molecular flexibility index (Phi) is 13.8. The summed E-state index contributed by atoms with van der Waals surface area (Å²) < 4.78 is 20.1. The van der Waals surface area contributed by atoms with E-state index in [1.807, 2.05) is 48.5 Å². The standard InChI is InChI=1S/C28H40N4O3P4S/c1-30(2)20-18-23-6-14-27(15-7-23)34-39(40,35-28-16-8-24(9-17-28)19-21-31(3)4)32(5)29-22-25-10-12-26(13-11-25)33-37-38-36/h6-17,22,37-38H,18-21,36H2,1-5H3/b29-22+. The molecule has 0 radical (unpaired) electrons. The predicted molar refractivity (Wildman–Crippen MR) is 182 cm³/mol. The molecule has 3 rings (SSSR count). The minimum Gasteiger partial charge on any atom is -0.473 e. The van der Waals surface area contributed by atoms with Crippen LogP contribution >= 0.6 is 32.0 Å². The van der Waals surface area contributed by atoms with E-state index in [-0.39, 0.29) is 0 Å². The quantitative estimate of drug-likeness (QED) is 0.0964. The van der Waals surface area contributed by atoms with Gasteiger partial charge < -0.3 is 23.4 Å². The van der Waals surface area contributed by atoms with Crippen LogP contribution in [-0.4, -0.2) is 69.1 Å². The second-order valence-electron chi connectivity index (χ2n) is 9.70. The van der Waals surface area contributed by atoms with Crippen LogP contribution in [0.2, 0.25) is 0 Å². The summed E-state index contributed by atoms with van der Waals surface area (Å²) in [7, 11) is 13.9. The Balaban J connectivity index is 1.78. The number of rotatable bonds is 16. The Morgan fingerprint density at radius 3 is 1.62 bits per heavy atom. The third-order valence-corrected chi connectivity index (χ3v) is 10.8. The Morgan fingerprint density at radius 1 is 0.750 bits per heavy atom. The molecule has 0 spiro atoms. The summed E-state index contributed by atoms with van der Waals surface area (Å²) in [4.78, 5) is 4.34. The molecule has 0 fully saturated rings. The van der Waals surface area contributed by atoms with Gasteiger partial charge in [0.25, 0.3) is 0 Å². The number of hydrazone groups is 1. The highest BCUT2D eigenvalue weighted by Gasteiger charge is 2.28. The molecule has 40 heavy (non-hydrogen) atoms. The fourth-order valence-electron chi connectivity index (χ4n) is 3.47. The van der Waals surface area contributed by atoms with Crippen molar-refractivity contribution >= 4 is 50.0 Å². The van der Waals surface area contributed by atoms with Crippen LogP contribution in [0.5, 0.6) is 17.2 Å². The first kappa shape index (κ1) is 32.9.